The molecular formula is C29H24F3N5O4S. The normalized spacial score (nSPS) is 14.7. The maximum absolute atomic E-state index is 14.2. The van der Waals surface area contributed by atoms with Crippen molar-refractivity contribution in [2.24, 2.45) is 0 Å². The molecule has 0 unspecified atom stereocenters. The summed E-state index contributed by atoms with van der Waals surface area (Å²) in [7, 11) is -4.16. The molecule has 0 amide bonds. The van der Waals surface area contributed by atoms with Crippen LogP contribution >= 0.6 is 0 Å². The van der Waals surface area contributed by atoms with Crippen molar-refractivity contribution in [1.29, 1.82) is 0 Å². The zero-order chi connectivity index (χ0) is 29.3. The van der Waals surface area contributed by atoms with Gasteiger partial charge in [-0.15, -0.1) is 5.10 Å². The highest BCUT2D eigenvalue weighted by Crippen LogP contribution is 2.41. The van der Waals surface area contributed by atoms with Gasteiger partial charge in [-0.3, -0.25) is 0 Å². The second-order valence-corrected chi connectivity index (χ2v) is 11.5. The van der Waals surface area contributed by atoms with Crippen LogP contribution in [-0.2, 0) is 42.4 Å². The molecule has 3 heterocycles. The van der Waals surface area contributed by atoms with Gasteiger partial charge in [0.1, 0.15) is 22.2 Å². The number of hydrogen-bond acceptors (Lipinski definition) is 7. The Balaban J connectivity index is 1.32. The fraction of sp³-hybridized carbons (Fsp3) is 0.172. The number of aromatic nitrogens is 3. The smallest absolute Gasteiger partial charge is 0.416 e. The molecule has 0 fully saturated rings. The Bertz CT molecular complexity index is 1820. The SMILES string of the molecule is O=S1(=O)c2c(NCc3ccco3)cccc2Oc2ccccc2CN1Cc1cn(Cc2cccc(C(F)(F)F)c2)nn1. The van der Waals surface area contributed by atoms with Gasteiger partial charge >= 0.3 is 6.18 Å². The molecule has 3 aromatic carbocycles. The summed E-state index contributed by atoms with van der Waals surface area (Å²) in [5, 5.41) is 11.3. The zero-order valence-corrected chi connectivity index (χ0v) is 22.8. The Morgan fingerprint density at radius 2 is 1.74 bits per heavy atom. The maximum Gasteiger partial charge on any atom is 0.416 e. The van der Waals surface area contributed by atoms with E-state index in [0.717, 1.165) is 12.1 Å². The standard InChI is InChI=1S/C29H24F3N5O4S/c30-29(31,32)22-8-3-6-20(14-22)16-36-18-23(34-35-36)19-37-17-21-7-1-2-11-26(21)41-27-12-4-10-25(28(27)42(37,38)39)33-15-24-9-5-13-40-24/h1-14,18,33H,15-17,19H2. The second-order valence-electron chi connectivity index (χ2n) is 9.65. The monoisotopic (exact) mass is 595 g/mol. The second kappa shape index (κ2) is 11.0. The molecule has 0 atom stereocenters. The van der Waals surface area contributed by atoms with Gasteiger partial charge in [-0.2, -0.15) is 17.5 Å². The van der Waals surface area contributed by atoms with Crippen LogP contribution in [0.4, 0.5) is 18.9 Å². The molecule has 0 saturated carbocycles. The van der Waals surface area contributed by atoms with Crippen molar-refractivity contribution in [1.82, 2.24) is 19.3 Å². The summed E-state index contributed by atoms with van der Waals surface area (Å²) >= 11 is 0. The van der Waals surface area contributed by atoms with Crippen molar-refractivity contribution in [2.45, 2.75) is 37.3 Å². The van der Waals surface area contributed by atoms with E-state index in [1.807, 2.05) is 0 Å². The van der Waals surface area contributed by atoms with Crippen molar-refractivity contribution in [3.05, 3.63) is 119 Å². The van der Waals surface area contributed by atoms with Crippen LogP contribution in [0.5, 0.6) is 11.5 Å². The van der Waals surface area contributed by atoms with Gasteiger partial charge in [0.05, 0.1) is 49.0 Å². The van der Waals surface area contributed by atoms with Gasteiger partial charge in [-0.05, 0) is 48.0 Å². The molecule has 0 bridgehead atoms. The number of rotatable bonds is 7. The first-order valence-electron chi connectivity index (χ1n) is 12.9. The van der Waals surface area contributed by atoms with Gasteiger partial charge in [0.15, 0.2) is 0 Å². The van der Waals surface area contributed by atoms with E-state index in [1.165, 1.54) is 27.5 Å². The van der Waals surface area contributed by atoms with Crippen molar-refractivity contribution in [2.75, 3.05) is 5.32 Å². The predicted molar refractivity (Wildman–Crippen MR) is 146 cm³/mol. The van der Waals surface area contributed by atoms with E-state index in [2.05, 4.69) is 15.6 Å². The highest BCUT2D eigenvalue weighted by Gasteiger charge is 2.35. The molecule has 1 N–H and O–H groups in total. The number of ether oxygens (including phenoxy) is 1. The molecule has 2 aromatic heterocycles. The molecule has 0 saturated heterocycles. The Hall–Kier alpha value is -4.62. The molecule has 42 heavy (non-hydrogen) atoms. The van der Waals surface area contributed by atoms with Crippen LogP contribution in [0, 0.1) is 0 Å². The van der Waals surface area contributed by atoms with E-state index in [0.29, 0.717) is 34.0 Å². The number of nitrogens with zero attached hydrogens (tertiary/aromatic N) is 4. The topological polar surface area (TPSA) is 102 Å². The summed E-state index contributed by atoms with van der Waals surface area (Å²) in [5.41, 5.74) is 0.932. The van der Waals surface area contributed by atoms with Crippen LogP contribution in [0.3, 0.4) is 0 Å². The highest BCUT2D eigenvalue weighted by molar-refractivity contribution is 7.89. The number of sulfonamides is 1. The number of benzene rings is 3. The molecule has 216 valence electrons. The van der Waals surface area contributed by atoms with Crippen LogP contribution in [-0.4, -0.2) is 27.7 Å². The van der Waals surface area contributed by atoms with Gasteiger partial charge in [0.2, 0.25) is 10.0 Å². The van der Waals surface area contributed by atoms with Crippen LogP contribution in [0.1, 0.15) is 28.1 Å². The largest absolute Gasteiger partial charge is 0.467 e. The van der Waals surface area contributed by atoms with Crippen molar-refractivity contribution in [3.63, 3.8) is 0 Å². The van der Waals surface area contributed by atoms with E-state index in [-0.39, 0.29) is 36.8 Å². The minimum absolute atomic E-state index is 0.00898. The van der Waals surface area contributed by atoms with Gasteiger partial charge in [-0.25, -0.2) is 13.1 Å². The number of anilines is 1. The molecule has 0 radical (unpaired) electrons. The third-order valence-electron chi connectivity index (χ3n) is 6.67. The van der Waals surface area contributed by atoms with Crippen LogP contribution in [0.15, 0.2) is 101 Å². The van der Waals surface area contributed by atoms with Crippen LogP contribution < -0.4 is 10.1 Å². The predicted octanol–water partition coefficient (Wildman–Crippen LogP) is 6.05. The molecule has 6 rings (SSSR count). The number of furan rings is 1. The summed E-state index contributed by atoms with van der Waals surface area (Å²) in [4.78, 5) is -0.0394. The first-order valence-corrected chi connectivity index (χ1v) is 14.3. The minimum atomic E-state index is -4.47. The number of fused-ring (bicyclic) bond motifs is 2. The van der Waals surface area contributed by atoms with E-state index in [1.54, 1.807) is 60.7 Å². The van der Waals surface area contributed by atoms with Gasteiger partial charge < -0.3 is 14.5 Å². The van der Waals surface area contributed by atoms with Crippen molar-refractivity contribution >= 4 is 15.7 Å². The average molecular weight is 596 g/mol. The van der Waals surface area contributed by atoms with Crippen LogP contribution in [0.25, 0.3) is 0 Å². The number of halogens is 3. The molecular weight excluding hydrogens is 571 g/mol. The number of alkyl halides is 3. The summed E-state index contributed by atoms with van der Waals surface area (Å²) < 4.78 is 82.1. The Kier molecular flexibility index (Phi) is 7.21. The molecule has 1 aliphatic heterocycles. The molecule has 1 aliphatic rings. The fourth-order valence-corrected chi connectivity index (χ4v) is 6.35. The Morgan fingerprint density at radius 3 is 2.55 bits per heavy atom. The van der Waals surface area contributed by atoms with E-state index < -0.39 is 21.8 Å². The lowest BCUT2D eigenvalue weighted by atomic mass is 10.1. The highest BCUT2D eigenvalue weighted by atomic mass is 32.2. The van der Waals surface area contributed by atoms with Gasteiger partial charge in [0, 0.05) is 12.1 Å². The molecule has 9 nitrogen and oxygen atoms in total. The third-order valence-corrected chi connectivity index (χ3v) is 8.55. The summed E-state index contributed by atoms with van der Waals surface area (Å²) in [5.74, 6) is 1.29. The number of para-hydroxylation sites is 1. The summed E-state index contributed by atoms with van der Waals surface area (Å²) in [6, 6.07) is 20.6. The lowest BCUT2D eigenvalue weighted by molar-refractivity contribution is -0.137. The van der Waals surface area contributed by atoms with Gasteiger partial charge in [-0.1, -0.05) is 41.6 Å². The first kappa shape index (κ1) is 27.5. The van der Waals surface area contributed by atoms with Crippen molar-refractivity contribution in [3.8, 4) is 11.5 Å². The Morgan fingerprint density at radius 1 is 0.929 bits per heavy atom. The van der Waals surface area contributed by atoms with E-state index >= 15 is 0 Å². The maximum atomic E-state index is 14.2. The summed E-state index contributed by atoms with van der Waals surface area (Å²) in [6.45, 7) is 0.139. The van der Waals surface area contributed by atoms with Crippen LogP contribution in [0.2, 0.25) is 0 Å². The fourth-order valence-electron chi connectivity index (χ4n) is 4.70. The van der Waals surface area contributed by atoms with Gasteiger partial charge in [0.25, 0.3) is 0 Å². The lowest BCUT2D eigenvalue weighted by Crippen LogP contribution is -2.32. The zero-order valence-electron chi connectivity index (χ0n) is 22.0. The third kappa shape index (κ3) is 5.74. The number of nitrogens with one attached hydrogen (secondary N) is 1. The number of hydrogen-bond donors (Lipinski definition) is 1. The average Bonchev–Trinajstić information content (AvgIpc) is 3.64. The Labute approximate surface area is 239 Å². The first-order chi connectivity index (χ1) is 20.2. The molecule has 0 aliphatic carbocycles. The molecule has 13 heteroatoms. The summed E-state index contributed by atoms with van der Waals surface area (Å²) in [6.07, 6.45) is -1.41. The lowest BCUT2D eigenvalue weighted by Gasteiger charge is -2.28. The van der Waals surface area contributed by atoms with Crippen molar-refractivity contribution < 1.29 is 30.7 Å². The molecule has 0 spiro atoms. The quantitative estimate of drug-likeness (QED) is 0.245. The minimum Gasteiger partial charge on any atom is -0.467 e. The molecule has 5 aromatic rings. The van der Waals surface area contributed by atoms with E-state index in [4.69, 9.17) is 9.15 Å². The van der Waals surface area contributed by atoms with E-state index in [9.17, 15) is 21.6 Å².